The third-order valence-corrected chi connectivity index (χ3v) is 7.56. The molecule has 0 aliphatic heterocycles. The number of aliphatic imine (C=N–C) groups is 2. The summed E-state index contributed by atoms with van der Waals surface area (Å²) in [6.45, 7) is 3.77. The number of halogens is 10. The number of nitrogens with zero attached hydrogens (tertiary/aromatic N) is 3. The zero-order valence-electron chi connectivity index (χ0n) is 22.9. The first-order valence-electron chi connectivity index (χ1n) is 12.9. The number of hydrogen-bond donors (Lipinski definition) is 2. The van der Waals surface area contributed by atoms with Crippen molar-refractivity contribution in [3.63, 3.8) is 0 Å². The summed E-state index contributed by atoms with van der Waals surface area (Å²) in [6.07, 6.45) is 1.51. The molecule has 0 spiro atoms. The number of nitrogens with two attached hydrogens (primary N) is 1. The Hall–Kier alpha value is -6.04. The number of nitriles is 1. The minimum Gasteiger partial charge on any atom is -0.396 e. The zero-order chi connectivity index (χ0) is 34.2. The van der Waals surface area contributed by atoms with Crippen LogP contribution in [-0.4, -0.2) is 17.1 Å². The summed E-state index contributed by atoms with van der Waals surface area (Å²) in [5, 5.41) is 17.9. The van der Waals surface area contributed by atoms with Crippen LogP contribution in [0.3, 0.4) is 0 Å². The van der Waals surface area contributed by atoms with E-state index < -0.39 is 80.4 Å². The van der Waals surface area contributed by atoms with E-state index in [-0.39, 0.29) is 56.4 Å². The van der Waals surface area contributed by atoms with Gasteiger partial charge >= 0.3 is 0 Å². The Morgan fingerprint density at radius 1 is 0.596 bits per heavy atom. The van der Waals surface area contributed by atoms with Crippen molar-refractivity contribution in [2.75, 3.05) is 0 Å². The molecule has 2 aliphatic rings. The normalized spacial score (nSPS) is 15.6. The molecule has 0 aromatic heterocycles. The predicted octanol–water partition coefficient (Wildman–Crippen LogP) is 7.75. The fourth-order valence-electron chi connectivity index (χ4n) is 5.30. The summed E-state index contributed by atoms with van der Waals surface area (Å²) in [6, 6.07) is 6.36. The minimum absolute atomic E-state index is 0.0720. The lowest BCUT2D eigenvalue weighted by Gasteiger charge is -2.10. The molecule has 0 saturated heterocycles. The molecule has 0 radical (unpaired) electrons. The summed E-state index contributed by atoms with van der Waals surface area (Å²) in [5.41, 5.74) is 1.69. The van der Waals surface area contributed by atoms with Gasteiger partial charge in [0.15, 0.2) is 46.5 Å². The number of hydrogen-bond acceptors (Lipinski definition) is 5. The fraction of sp³-hybridized carbons (Fsp3) is 0. The van der Waals surface area contributed by atoms with Gasteiger partial charge < -0.3 is 5.73 Å². The van der Waals surface area contributed by atoms with Crippen molar-refractivity contribution in [2.45, 2.75) is 0 Å². The topological polar surface area (TPSA) is 98.4 Å². The lowest BCUT2D eigenvalue weighted by Crippen LogP contribution is -2.07. The van der Waals surface area contributed by atoms with E-state index in [1.165, 1.54) is 18.3 Å². The Morgan fingerprint density at radius 2 is 1.02 bits per heavy atom. The average molecular weight is 655 g/mol. The Labute approximate surface area is 256 Å². The molecule has 0 atom stereocenters. The number of nitrogens with one attached hydrogen (secondary N) is 1. The quantitative estimate of drug-likeness (QED) is 0.102. The van der Waals surface area contributed by atoms with Gasteiger partial charge in [-0.1, -0.05) is 30.8 Å². The fourth-order valence-corrected chi connectivity index (χ4v) is 5.30. The van der Waals surface area contributed by atoms with E-state index in [0.29, 0.717) is 0 Å². The zero-order valence-corrected chi connectivity index (χ0v) is 22.9. The standard InChI is InChI=1S/C32H11F10N5/c1-9-28(44)14-6-10(16-18(33)22(37)26(41)23(38)19(16)34)3-5-13(14)30(9)47-32-29(45)12-4-2-11(7-15(12)31(32)46-8-43)17-20(35)24(39)27(42)25(40)21(17)36/h2-7,44H,1,45H2/b44-28?,46-31+,47-30+. The second-order valence-corrected chi connectivity index (χ2v) is 10.0. The largest absolute Gasteiger partial charge is 0.396 e. The SMILES string of the molecule is C=C1C(=N)c2cc(-c3c(F)c(F)c(F)c(F)c3F)ccc2/C1=N/C1=C(N)c2ccc(-c3c(F)c(F)c(F)c(F)c3F)cc2/C1=N\C#N. The molecule has 15 heteroatoms. The maximum absolute atomic E-state index is 14.6. The van der Waals surface area contributed by atoms with E-state index in [0.717, 1.165) is 24.3 Å². The molecule has 0 heterocycles. The molecule has 3 N–H and O–H groups in total. The van der Waals surface area contributed by atoms with Crippen LogP contribution in [0, 0.1) is 75.0 Å². The lowest BCUT2D eigenvalue weighted by atomic mass is 9.97. The van der Waals surface area contributed by atoms with Gasteiger partial charge in [-0.25, -0.2) is 48.9 Å². The number of allylic oxidation sites excluding steroid dienone is 2. The van der Waals surface area contributed by atoms with Gasteiger partial charge in [0.2, 0.25) is 17.8 Å². The first kappa shape index (κ1) is 31.0. The minimum atomic E-state index is -2.36. The highest BCUT2D eigenvalue weighted by atomic mass is 19.2. The van der Waals surface area contributed by atoms with Crippen molar-refractivity contribution in [1.29, 1.82) is 10.7 Å². The lowest BCUT2D eigenvalue weighted by molar-refractivity contribution is 0.381. The molecule has 4 aromatic rings. The third kappa shape index (κ3) is 4.36. The van der Waals surface area contributed by atoms with Crippen LogP contribution in [0.1, 0.15) is 22.3 Å². The van der Waals surface area contributed by atoms with Crippen LogP contribution in [0.15, 0.2) is 64.2 Å². The highest BCUT2D eigenvalue weighted by molar-refractivity contribution is 6.42. The molecule has 5 nitrogen and oxygen atoms in total. The molecule has 234 valence electrons. The first-order valence-corrected chi connectivity index (χ1v) is 12.9. The molecule has 2 aliphatic carbocycles. The van der Waals surface area contributed by atoms with Gasteiger partial charge in [-0.2, -0.15) is 10.3 Å². The van der Waals surface area contributed by atoms with Crippen molar-refractivity contribution >= 4 is 22.8 Å². The summed E-state index contributed by atoms with van der Waals surface area (Å²) in [4.78, 5) is 8.09. The van der Waals surface area contributed by atoms with E-state index in [1.807, 2.05) is 0 Å². The molecule has 47 heavy (non-hydrogen) atoms. The van der Waals surface area contributed by atoms with Crippen LogP contribution in [0.4, 0.5) is 43.9 Å². The smallest absolute Gasteiger partial charge is 0.206 e. The van der Waals surface area contributed by atoms with E-state index >= 15 is 0 Å². The highest BCUT2D eigenvalue weighted by Crippen LogP contribution is 2.40. The maximum atomic E-state index is 14.6. The van der Waals surface area contributed by atoms with E-state index in [2.05, 4.69) is 16.6 Å². The van der Waals surface area contributed by atoms with Crippen molar-refractivity contribution in [3.8, 4) is 28.4 Å². The van der Waals surface area contributed by atoms with E-state index in [1.54, 1.807) is 0 Å². The Morgan fingerprint density at radius 3 is 1.49 bits per heavy atom. The third-order valence-electron chi connectivity index (χ3n) is 7.56. The Bertz CT molecular complexity index is 2260. The number of fused-ring (bicyclic) bond motifs is 2. The van der Waals surface area contributed by atoms with Gasteiger partial charge in [0, 0.05) is 27.8 Å². The Kier molecular flexibility index (Phi) is 7.11. The van der Waals surface area contributed by atoms with E-state index in [9.17, 15) is 49.2 Å². The summed E-state index contributed by atoms with van der Waals surface area (Å²) >= 11 is 0. The maximum Gasteiger partial charge on any atom is 0.206 e. The van der Waals surface area contributed by atoms with Gasteiger partial charge in [0.1, 0.15) is 11.4 Å². The van der Waals surface area contributed by atoms with Gasteiger partial charge in [-0.15, -0.1) is 0 Å². The first-order chi connectivity index (χ1) is 22.2. The molecular formula is C32H11F10N5. The number of benzene rings is 4. The van der Waals surface area contributed by atoms with Crippen LogP contribution in [-0.2, 0) is 0 Å². The average Bonchev–Trinajstić information content (AvgIpc) is 3.45. The molecular weight excluding hydrogens is 644 g/mol. The van der Waals surface area contributed by atoms with Crippen LogP contribution in [0.5, 0.6) is 0 Å². The molecule has 0 unspecified atom stereocenters. The Balaban J connectivity index is 1.48. The van der Waals surface area contributed by atoms with Crippen molar-refractivity contribution in [1.82, 2.24) is 0 Å². The van der Waals surface area contributed by atoms with Gasteiger partial charge in [0.25, 0.3) is 0 Å². The number of rotatable bonds is 3. The van der Waals surface area contributed by atoms with Crippen molar-refractivity contribution in [3.05, 3.63) is 135 Å². The summed E-state index contributed by atoms with van der Waals surface area (Å²) in [7, 11) is 0. The molecule has 0 saturated carbocycles. The molecule has 4 aromatic carbocycles. The van der Waals surface area contributed by atoms with Crippen molar-refractivity contribution in [2.24, 2.45) is 15.7 Å². The summed E-state index contributed by atoms with van der Waals surface area (Å²) < 4.78 is 141. The van der Waals surface area contributed by atoms with Crippen LogP contribution < -0.4 is 5.73 Å². The molecule has 6 rings (SSSR count). The van der Waals surface area contributed by atoms with Gasteiger partial charge in [-0.05, 0) is 23.3 Å². The second kappa shape index (κ2) is 10.8. The van der Waals surface area contributed by atoms with Crippen LogP contribution in [0.25, 0.3) is 28.0 Å². The van der Waals surface area contributed by atoms with Gasteiger partial charge in [-0.3, -0.25) is 5.41 Å². The molecule has 0 bridgehead atoms. The van der Waals surface area contributed by atoms with Gasteiger partial charge in [0.05, 0.1) is 28.2 Å². The van der Waals surface area contributed by atoms with Crippen LogP contribution in [0.2, 0.25) is 0 Å². The molecule has 0 fully saturated rings. The highest BCUT2D eigenvalue weighted by Gasteiger charge is 2.34. The van der Waals surface area contributed by atoms with E-state index in [4.69, 9.17) is 11.1 Å². The van der Waals surface area contributed by atoms with Crippen molar-refractivity contribution < 1.29 is 43.9 Å². The molecule has 0 amide bonds. The van der Waals surface area contributed by atoms with Crippen LogP contribution >= 0.6 is 0 Å². The monoisotopic (exact) mass is 655 g/mol. The summed E-state index contributed by atoms with van der Waals surface area (Å²) in [5.74, 6) is -21.8. The predicted molar refractivity (Wildman–Crippen MR) is 149 cm³/mol. The second-order valence-electron chi connectivity index (χ2n) is 10.0.